The van der Waals surface area contributed by atoms with Crippen LogP contribution in [0, 0.1) is 0 Å². The maximum atomic E-state index is 15.0. The van der Waals surface area contributed by atoms with Crippen molar-refractivity contribution in [3.8, 4) is 0 Å². The number of esters is 2. The van der Waals surface area contributed by atoms with Gasteiger partial charge in [0.15, 0.2) is 23.1 Å². The number of oxime groups is 1. The van der Waals surface area contributed by atoms with Gasteiger partial charge in [0.25, 0.3) is 11.8 Å². The number of amides is 2. The maximum absolute atomic E-state index is 15.0. The van der Waals surface area contributed by atoms with Gasteiger partial charge in [-0.2, -0.15) is 0 Å². The molecule has 0 spiro atoms. The van der Waals surface area contributed by atoms with Crippen molar-refractivity contribution >= 4 is 69.3 Å². The number of nitrogens with zero attached hydrogens (tertiary/aromatic N) is 3. The second-order valence-electron chi connectivity index (χ2n) is 18.7. The zero-order valence-corrected chi connectivity index (χ0v) is 44.3. The summed E-state index contributed by atoms with van der Waals surface area (Å²) in [5, 5.41) is 12.4. The van der Waals surface area contributed by atoms with Crippen LogP contribution in [0.1, 0.15) is 70.7 Å². The average Bonchev–Trinajstić information content (AvgIpc) is 3.95. The molecule has 2 amide bonds. The summed E-state index contributed by atoms with van der Waals surface area (Å²) in [6.45, 7) is 2.99. The van der Waals surface area contributed by atoms with E-state index in [4.69, 9.17) is 30.9 Å². The summed E-state index contributed by atoms with van der Waals surface area (Å²) in [6.07, 6.45) is -1.57. The first kappa shape index (κ1) is 52.2. The number of fused-ring (bicyclic) bond motifs is 1. The molecular weight excluding hydrogens is 1030 g/mol. The summed E-state index contributed by atoms with van der Waals surface area (Å²) in [4.78, 5) is 70.5. The Kier molecular flexibility index (Phi) is 15.8. The number of aromatic nitrogens is 1. The Morgan fingerprint density at radius 2 is 1.09 bits per heavy atom. The lowest BCUT2D eigenvalue weighted by atomic mass is 9.77. The van der Waals surface area contributed by atoms with Crippen molar-refractivity contribution in [2.24, 2.45) is 5.16 Å². The van der Waals surface area contributed by atoms with E-state index in [0.29, 0.717) is 10.7 Å². The van der Waals surface area contributed by atoms with E-state index in [2.05, 4.69) is 15.8 Å². The van der Waals surface area contributed by atoms with Crippen LogP contribution >= 0.6 is 34.7 Å². The van der Waals surface area contributed by atoms with Crippen LogP contribution in [0.4, 0.5) is 5.13 Å². The third-order valence-electron chi connectivity index (χ3n) is 13.3. The predicted octanol–water partition coefficient (Wildman–Crippen LogP) is 11.6. The highest BCUT2D eigenvalue weighted by Crippen LogP contribution is 2.43. The quantitative estimate of drug-likeness (QED) is 0.0200. The number of anilines is 1. The number of hydrogen-bond acceptors (Lipinski definition) is 12. The molecule has 3 heterocycles. The molecule has 77 heavy (non-hydrogen) atoms. The van der Waals surface area contributed by atoms with Gasteiger partial charge in [0, 0.05) is 17.0 Å². The Hall–Kier alpha value is -8.30. The lowest BCUT2D eigenvalue weighted by Gasteiger charge is -2.49. The zero-order chi connectivity index (χ0) is 53.4. The standard InChI is InChI=1S/C62H52ClN5O7S2/c1-61(2,59(72)74-54(43-28-14-5-15-29-43)44-30-16-6-17-31-44)75-67-50(49-40-77-60(64-49)66-62(46-32-18-7-19-33-46,47-34-20-8-21-35-47)48-36-22-9-23-37-48)55(69)65-51-56(70)68-52(45(38-63)39-76-57(51)68)58(71)73-53(41-24-10-3-11-25-41)42-26-12-4-13-27-42/h3-37,40,51,53-54,57H,38-39H2,1-2H3,(H,64,66)(H,65,69)/t51-,57+/m1/s1. The van der Waals surface area contributed by atoms with E-state index in [1.807, 2.05) is 212 Å². The van der Waals surface area contributed by atoms with Crippen molar-refractivity contribution < 1.29 is 33.5 Å². The molecule has 7 aromatic carbocycles. The molecule has 1 saturated heterocycles. The van der Waals surface area contributed by atoms with Gasteiger partial charge in [0.05, 0.1) is 0 Å². The van der Waals surface area contributed by atoms with Crippen LogP contribution in [0.3, 0.4) is 0 Å². The van der Waals surface area contributed by atoms with Gasteiger partial charge in [-0.1, -0.05) is 217 Å². The van der Waals surface area contributed by atoms with Crippen molar-refractivity contribution in [3.05, 3.63) is 274 Å². The Morgan fingerprint density at radius 3 is 1.53 bits per heavy atom. The van der Waals surface area contributed by atoms with Crippen molar-refractivity contribution in [1.82, 2.24) is 15.2 Å². The van der Waals surface area contributed by atoms with Crippen LogP contribution in [0.25, 0.3) is 0 Å². The Labute approximate surface area is 459 Å². The van der Waals surface area contributed by atoms with Gasteiger partial charge in [-0.15, -0.1) is 34.7 Å². The Balaban J connectivity index is 0.969. The van der Waals surface area contributed by atoms with Gasteiger partial charge < -0.3 is 24.9 Å². The molecule has 8 aromatic rings. The van der Waals surface area contributed by atoms with Crippen LogP contribution in [0.2, 0.25) is 0 Å². The van der Waals surface area contributed by atoms with Crippen molar-refractivity contribution in [3.63, 3.8) is 0 Å². The largest absolute Gasteiger partial charge is 0.450 e. The van der Waals surface area contributed by atoms with Crippen molar-refractivity contribution in [1.29, 1.82) is 0 Å². The Morgan fingerprint density at radius 1 is 0.662 bits per heavy atom. The van der Waals surface area contributed by atoms with Gasteiger partial charge in [-0.3, -0.25) is 14.5 Å². The molecule has 10 rings (SSSR count). The topological polar surface area (TPSA) is 149 Å². The first-order valence-corrected chi connectivity index (χ1v) is 27.3. The SMILES string of the molecule is CC(C)(ON=C(C(=O)N[C@@H]1C(=O)N2C(C(=O)OC(c3ccccc3)c3ccccc3)=C(CCl)CS[C@@H]12)c1csc(NC(c2ccccc2)(c2ccccc2)c2ccccc2)n1)C(=O)OC(c1ccccc1)c1ccccc1. The van der Waals surface area contributed by atoms with Crippen LogP contribution in [0.5, 0.6) is 0 Å². The number of β-lactam (4-membered cyclic amide) rings is 1. The lowest BCUT2D eigenvalue weighted by Crippen LogP contribution is -2.71. The summed E-state index contributed by atoms with van der Waals surface area (Å²) in [5.74, 6) is -2.61. The van der Waals surface area contributed by atoms with E-state index in [0.717, 1.165) is 38.9 Å². The second kappa shape index (κ2) is 23.3. The van der Waals surface area contributed by atoms with Gasteiger partial charge in [-0.05, 0) is 58.4 Å². The summed E-state index contributed by atoms with van der Waals surface area (Å²) >= 11 is 9.06. The van der Waals surface area contributed by atoms with E-state index < -0.39 is 58.5 Å². The Bertz CT molecular complexity index is 3230. The van der Waals surface area contributed by atoms with Crippen molar-refractivity contribution in [2.75, 3.05) is 16.9 Å². The highest BCUT2D eigenvalue weighted by atomic mass is 35.5. The molecule has 2 aliphatic rings. The second-order valence-corrected chi connectivity index (χ2v) is 20.9. The van der Waals surface area contributed by atoms with Gasteiger partial charge in [0.2, 0.25) is 5.60 Å². The number of hydrogen-bond donors (Lipinski definition) is 2. The zero-order valence-electron chi connectivity index (χ0n) is 41.9. The molecule has 0 unspecified atom stereocenters. The molecule has 386 valence electrons. The van der Waals surface area contributed by atoms with E-state index in [1.165, 1.54) is 41.8 Å². The fourth-order valence-corrected chi connectivity index (χ4v) is 11.8. The fraction of sp³-hybridized carbons (Fsp3) is 0.161. The molecule has 0 radical (unpaired) electrons. The monoisotopic (exact) mass is 1080 g/mol. The number of ether oxygens (including phenoxy) is 2. The average molecular weight is 1080 g/mol. The molecule has 12 nitrogen and oxygen atoms in total. The number of thiazole rings is 1. The number of alkyl halides is 1. The lowest BCUT2D eigenvalue weighted by molar-refractivity contribution is -0.172. The first-order chi connectivity index (χ1) is 37.6. The normalized spacial score (nSPS) is 15.6. The van der Waals surface area contributed by atoms with Crippen LogP contribution in [0.15, 0.2) is 234 Å². The van der Waals surface area contributed by atoms with Gasteiger partial charge in [-0.25, -0.2) is 14.6 Å². The molecule has 1 fully saturated rings. The minimum absolute atomic E-state index is 0.0313. The van der Waals surface area contributed by atoms with Crippen molar-refractivity contribution in [2.45, 2.75) is 48.6 Å². The summed E-state index contributed by atoms with van der Waals surface area (Å²) in [6, 6.07) is 66.2. The van der Waals surface area contributed by atoms with Crippen LogP contribution in [-0.4, -0.2) is 68.0 Å². The maximum Gasteiger partial charge on any atom is 0.356 e. The molecule has 15 heteroatoms. The molecule has 0 saturated carbocycles. The van der Waals surface area contributed by atoms with E-state index in [-0.39, 0.29) is 28.7 Å². The molecule has 2 N–H and O–H groups in total. The van der Waals surface area contributed by atoms with Gasteiger partial charge >= 0.3 is 11.9 Å². The fourth-order valence-electron chi connectivity index (χ4n) is 9.35. The number of carbonyl (C=O) groups is 4. The minimum atomic E-state index is -1.76. The van der Waals surface area contributed by atoms with Gasteiger partial charge in [0.1, 0.15) is 28.3 Å². The summed E-state index contributed by atoms with van der Waals surface area (Å²) in [5.41, 5.74) is 3.34. The molecule has 2 atom stereocenters. The number of thioether (sulfide) groups is 1. The smallest absolute Gasteiger partial charge is 0.356 e. The van der Waals surface area contributed by atoms with E-state index in [9.17, 15) is 19.2 Å². The highest BCUT2D eigenvalue weighted by molar-refractivity contribution is 8.00. The molecule has 0 bridgehead atoms. The molecule has 2 aliphatic heterocycles. The number of rotatable bonds is 19. The number of carbonyl (C=O) groups excluding carboxylic acids is 4. The van der Waals surface area contributed by atoms with Crippen LogP contribution in [-0.2, 0) is 39.0 Å². The first-order valence-electron chi connectivity index (χ1n) is 24.9. The van der Waals surface area contributed by atoms with Crippen LogP contribution < -0.4 is 10.6 Å². The van der Waals surface area contributed by atoms with E-state index in [1.54, 1.807) is 5.38 Å². The summed E-state index contributed by atoms with van der Waals surface area (Å²) in [7, 11) is 0. The molecule has 0 aliphatic carbocycles. The predicted molar refractivity (Wildman–Crippen MR) is 301 cm³/mol. The third kappa shape index (κ3) is 11.0. The molecular formula is C62H52ClN5O7S2. The third-order valence-corrected chi connectivity index (χ3v) is 15.7. The molecule has 1 aromatic heterocycles. The number of benzene rings is 7. The highest BCUT2D eigenvalue weighted by Gasteiger charge is 2.55. The summed E-state index contributed by atoms with van der Waals surface area (Å²) < 4.78 is 12.4. The van der Waals surface area contributed by atoms with E-state index >= 15 is 0 Å². The number of nitrogens with one attached hydrogen (secondary N) is 2. The number of halogens is 1. The minimum Gasteiger partial charge on any atom is -0.450 e.